The first-order valence-electron chi connectivity index (χ1n) is 6.75. The number of ether oxygens (including phenoxy) is 1. The van der Waals surface area contributed by atoms with E-state index in [0.29, 0.717) is 11.1 Å². The van der Waals surface area contributed by atoms with Gasteiger partial charge in [0, 0.05) is 6.26 Å². The molecule has 0 saturated heterocycles. The van der Waals surface area contributed by atoms with Crippen molar-refractivity contribution in [1.82, 2.24) is 4.90 Å². The van der Waals surface area contributed by atoms with Gasteiger partial charge >= 0.3 is 6.09 Å². The van der Waals surface area contributed by atoms with Crippen molar-refractivity contribution in [2.24, 2.45) is 0 Å². The smallest absolute Gasteiger partial charge is 0.411 e. The number of amides is 1. The zero-order chi connectivity index (χ0) is 16.7. The number of hydrogen-bond acceptors (Lipinski definition) is 5. The van der Waals surface area contributed by atoms with Crippen LogP contribution in [0.4, 0.5) is 4.79 Å². The molecule has 0 spiro atoms. The summed E-state index contributed by atoms with van der Waals surface area (Å²) in [4.78, 5) is 13.7. The second-order valence-electron chi connectivity index (χ2n) is 6.27. The summed E-state index contributed by atoms with van der Waals surface area (Å²) >= 11 is 0. The number of nitrogens with zero attached hydrogens (tertiary/aromatic N) is 2. The fourth-order valence-electron chi connectivity index (χ4n) is 2.29. The number of rotatable bonds is 1. The van der Waals surface area contributed by atoms with E-state index in [1.807, 2.05) is 0 Å². The van der Waals surface area contributed by atoms with E-state index in [0.717, 1.165) is 6.26 Å². The van der Waals surface area contributed by atoms with Crippen LogP contribution in [0.15, 0.2) is 23.1 Å². The number of nitriles is 1. The van der Waals surface area contributed by atoms with E-state index in [1.54, 1.807) is 26.8 Å². The van der Waals surface area contributed by atoms with Crippen molar-refractivity contribution in [3.05, 3.63) is 29.3 Å². The highest BCUT2D eigenvalue weighted by atomic mass is 32.2. The van der Waals surface area contributed by atoms with Crippen molar-refractivity contribution in [2.45, 2.75) is 43.9 Å². The molecule has 1 amide bonds. The molecule has 0 aliphatic carbocycles. The van der Waals surface area contributed by atoms with Gasteiger partial charge in [-0.3, -0.25) is 4.90 Å². The number of sulfone groups is 1. The monoisotopic (exact) mass is 322 g/mol. The van der Waals surface area contributed by atoms with Crippen molar-refractivity contribution in [2.75, 3.05) is 6.26 Å². The number of carbonyl (C=O) groups excluding carboxylic acids is 1. The summed E-state index contributed by atoms with van der Waals surface area (Å²) < 4.78 is 28.5. The van der Waals surface area contributed by atoms with Crippen LogP contribution in [0.3, 0.4) is 0 Å². The summed E-state index contributed by atoms with van der Waals surface area (Å²) in [6, 6.07) is 5.86. The molecule has 1 heterocycles. The first-order valence-corrected chi connectivity index (χ1v) is 8.64. The molecule has 7 heteroatoms. The van der Waals surface area contributed by atoms with Crippen LogP contribution in [0, 0.1) is 11.3 Å². The molecule has 0 bridgehead atoms. The van der Waals surface area contributed by atoms with E-state index >= 15 is 0 Å². The molecule has 1 aliphatic rings. The van der Waals surface area contributed by atoms with Gasteiger partial charge in [0.15, 0.2) is 9.84 Å². The van der Waals surface area contributed by atoms with Crippen LogP contribution in [-0.2, 0) is 21.1 Å². The summed E-state index contributed by atoms with van der Waals surface area (Å²) in [7, 11) is -3.33. The van der Waals surface area contributed by atoms with Crippen LogP contribution < -0.4 is 0 Å². The van der Waals surface area contributed by atoms with Crippen molar-refractivity contribution in [3.63, 3.8) is 0 Å². The molecule has 1 aromatic rings. The Kier molecular flexibility index (Phi) is 3.92. The molecular formula is C15H18N2O4S. The highest BCUT2D eigenvalue weighted by Gasteiger charge is 2.36. The molecule has 6 nitrogen and oxygen atoms in total. The zero-order valence-corrected chi connectivity index (χ0v) is 13.8. The molecular weight excluding hydrogens is 304 g/mol. The summed E-state index contributed by atoms with van der Waals surface area (Å²) in [5, 5.41) is 9.34. The zero-order valence-electron chi connectivity index (χ0n) is 13.0. The standard InChI is InChI=1S/C15H18N2O4S/c1-15(2,3)21-14(18)17-9-10-7-11(22(4,19)20)5-6-12(10)13(17)8-16/h5-7,13H,9H2,1-4H3. The summed E-state index contributed by atoms with van der Waals surface area (Å²) in [5.41, 5.74) is 0.630. The van der Waals surface area contributed by atoms with Crippen LogP contribution in [0.5, 0.6) is 0 Å². The fraction of sp³-hybridized carbons (Fsp3) is 0.467. The minimum absolute atomic E-state index is 0.159. The summed E-state index contributed by atoms with van der Waals surface area (Å²) in [6.07, 6.45) is 0.535. The Morgan fingerprint density at radius 1 is 1.41 bits per heavy atom. The Morgan fingerprint density at radius 2 is 2.05 bits per heavy atom. The highest BCUT2D eigenvalue weighted by Crippen LogP contribution is 2.35. The average Bonchev–Trinajstić information content (AvgIpc) is 2.73. The van der Waals surface area contributed by atoms with Gasteiger partial charge in [0.2, 0.25) is 0 Å². The Hall–Kier alpha value is -2.07. The Bertz CT molecular complexity index is 757. The molecule has 22 heavy (non-hydrogen) atoms. The van der Waals surface area contributed by atoms with Crippen molar-refractivity contribution in [1.29, 1.82) is 5.26 Å². The maximum absolute atomic E-state index is 12.2. The van der Waals surface area contributed by atoms with Gasteiger partial charge in [-0.2, -0.15) is 5.26 Å². The van der Waals surface area contributed by atoms with E-state index in [1.165, 1.54) is 17.0 Å². The lowest BCUT2D eigenvalue weighted by molar-refractivity contribution is 0.0213. The van der Waals surface area contributed by atoms with Crippen molar-refractivity contribution >= 4 is 15.9 Å². The third-order valence-electron chi connectivity index (χ3n) is 3.24. The number of carbonyl (C=O) groups is 1. The summed E-state index contributed by atoms with van der Waals surface area (Å²) in [6.45, 7) is 5.40. The molecule has 1 atom stereocenters. The predicted octanol–water partition coefficient (Wildman–Crippen LogP) is 2.41. The maximum atomic E-state index is 12.2. The molecule has 1 aromatic carbocycles. The second kappa shape index (κ2) is 5.29. The molecule has 0 radical (unpaired) electrons. The maximum Gasteiger partial charge on any atom is 0.411 e. The SMILES string of the molecule is CC(C)(C)OC(=O)N1Cc2cc(S(C)(=O)=O)ccc2C1C#N. The van der Waals surface area contributed by atoms with Gasteiger partial charge in [0.05, 0.1) is 17.5 Å². The van der Waals surface area contributed by atoms with Gasteiger partial charge in [-0.15, -0.1) is 0 Å². The summed E-state index contributed by atoms with van der Waals surface area (Å²) in [5.74, 6) is 0. The van der Waals surface area contributed by atoms with Gasteiger partial charge in [0.1, 0.15) is 11.6 Å². The van der Waals surface area contributed by atoms with Crippen molar-refractivity contribution < 1.29 is 17.9 Å². The average molecular weight is 322 g/mol. The molecule has 118 valence electrons. The van der Waals surface area contributed by atoms with Gasteiger partial charge in [0.25, 0.3) is 0 Å². The third-order valence-corrected chi connectivity index (χ3v) is 4.35. The first-order chi connectivity index (χ1) is 10.0. The van der Waals surface area contributed by atoms with E-state index in [-0.39, 0.29) is 11.4 Å². The minimum Gasteiger partial charge on any atom is -0.444 e. The third kappa shape index (κ3) is 3.22. The Balaban J connectivity index is 2.36. The first kappa shape index (κ1) is 16.3. The van der Waals surface area contributed by atoms with Crippen LogP contribution in [0.2, 0.25) is 0 Å². The van der Waals surface area contributed by atoms with Crippen LogP contribution in [-0.4, -0.2) is 31.3 Å². The van der Waals surface area contributed by atoms with Gasteiger partial charge in [-0.25, -0.2) is 13.2 Å². The lowest BCUT2D eigenvalue weighted by Crippen LogP contribution is -2.35. The molecule has 0 fully saturated rings. The topological polar surface area (TPSA) is 87.5 Å². The second-order valence-corrected chi connectivity index (χ2v) is 8.29. The van der Waals surface area contributed by atoms with E-state index in [9.17, 15) is 18.5 Å². The fourth-order valence-corrected chi connectivity index (χ4v) is 2.96. The number of benzene rings is 1. The van der Waals surface area contributed by atoms with Crippen LogP contribution in [0.25, 0.3) is 0 Å². The Morgan fingerprint density at radius 3 is 2.55 bits per heavy atom. The molecule has 2 rings (SSSR count). The van der Waals surface area contributed by atoms with Crippen LogP contribution in [0.1, 0.15) is 37.9 Å². The molecule has 0 saturated carbocycles. The van der Waals surface area contributed by atoms with Gasteiger partial charge in [-0.1, -0.05) is 6.07 Å². The Labute approximate surface area is 130 Å². The van der Waals surface area contributed by atoms with E-state index in [2.05, 4.69) is 6.07 Å². The van der Waals surface area contributed by atoms with Crippen molar-refractivity contribution in [3.8, 4) is 6.07 Å². The lowest BCUT2D eigenvalue weighted by atomic mass is 10.1. The molecule has 0 N–H and O–H groups in total. The molecule has 0 aromatic heterocycles. The van der Waals surface area contributed by atoms with E-state index in [4.69, 9.17) is 4.74 Å². The molecule has 1 aliphatic heterocycles. The quantitative estimate of drug-likeness (QED) is 0.792. The number of hydrogen-bond donors (Lipinski definition) is 0. The predicted molar refractivity (Wildman–Crippen MR) is 79.7 cm³/mol. The van der Waals surface area contributed by atoms with Gasteiger partial charge < -0.3 is 4.74 Å². The van der Waals surface area contributed by atoms with Gasteiger partial charge in [-0.05, 0) is 44.0 Å². The van der Waals surface area contributed by atoms with Crippen LogP contribution >= 0.6 is 0 Å². The number of fused-ring (bicyclic) bond motifs is 1. The van der Waals surface area contributed by atoms with E-state index < -0.39 is 27.6 Å². The highest BCUT2D eigenvalue weighted by molar-refractivity contribution is 7.90. The largest absolute Gasteiger partial charge is 0.444 e. The molecule has 1 unspecified atom stereocenters. The normalized spacial score (nSPS) is 17.8. The minimum atomic E-state index is -3.33. The lowest BCUT2D eigenvalue weighted by Gasteiger charge is -2.26.